The predicted molar refractivity (Wildman–Crippen MR) is 80.3 cm³/mol. The van der Waals surface area contributed by atoms with Crippen LogP contribution in [0, 0.1) is 5.82 Å². The van der Waals surface area contributed by atoms with Gasteiger partial charge in [0, 0.05) is 5.56 Å². The Hall–Kier alpha value is -3.22. The van der Waals surface area contributed by atoms with Gasteiger partial charge in [-0.3, -0.25) is 0 Å². The highest BCUT2D eigenvalue weighted by atomic mass is 19.1. The first-order chi connectivity index (χ1) is 11.1. The molecule has 0 bridgehead atoms. The Morgan fingerprint density at radius 2 is 1.87 bits per heavy atom. The fraction of sp³-hybridized carbons (Fsp3) is 0.0625. The molecule has 0 saturated carbocycles. The van der Waals surface area contributed by atoms with Crippen LogP contribution in [0.5, 0.6) is 5.75 Å². The largest absolute Gasteiger partial charge is 0.496 e. The van der Waals surface area contributed by atoms with Gasteiger partial charge in [-0.05, 0) is 36.4 Å². The second-order valence-electron chi connectivity index (χ2n) is 4.68. The maximum atomic E-state index is 13.1. The van der Waals surface area contributed by atoms with Crippen molar-refractivity contribution in [1.29, 1.82) is 0 Å². The zero-order chi connectivity index (χ0) is 16.4. The zero-order valence-corrected chi connectivity index (χ0v) is 12.1. The first-order valence-corrected chi connectivity index (χ1v) is 6.70. The summed E-state index contributed by atoms with van der Waals surface area (Å²) < 4.78 is 19.8. The van der Waals surface area contributed by atoms with Crippen LogP contribution in [0.15, 0.2) is 48.5 Å². The molecule has 7 heteroatoms. The fourth-order valence-electron chi connectivity index (χ4n) is 2.27. The molecule has 6 nitrogen and oxygen atoms in total. The van der Waals surface area contributed by atoms with Crippen molar-refractivity contribution in [2.75, 3.05) is 7.11 Å². The molecule has 3 aromatic rings. The Morgan fingerprint density at radius 1 is 1.17 bits per heavy atom. The monoisotopic (exact) mass is 313 g/mol. The van der Waals surface area contributed by atoms with E-state index in [1.807, 2.05) is 0 Å². The highest BCUT2D eigenvalue weighted by Gasteiger charge is 2.23. The van der Waals surface area contributed by atoms with Crippen LogP contribution in [0.25, 0.3) is 16.9 Å². The summed E-state index contributed by atoms with van der Waals surface area (Å²) in [5.41, 5.74) is 1.08. The lowest BCUT2D eigenvalue weighted by Crippen LogP contribution is -2.04. The molecule has 0 fully saturated rings. The summed E-state index contributed by atoms with van der Waals surface area (Å²) in [6.45, 7) is 0. The highest BCUT2D eigenvalue weighted by Crippen LogP contribution is 2.32. The molecule has 2 aromatic carbocycles. The van der Waals surface area contributed by atoms with E-state index in [4.69, 9.17) is 4.74 Å². The van der Waals surface area contributed by atoms with E-state index >= 15 is 0 Å². The average Bonchev–Trinajstić information content (AvgIpc) is 3.00. The second kappa shape index (κ2) is 5.88. The molecule has 1 N–H and O–H groups in total. The SMILES string of the molecule is COc1ccccc1-c1c(C(=O)O)nnn1-c1ccc(F)cc1. The summed E-state index contributed by atoms with van der Waals surface area (Å²) in [7, 11) is 1.49. The minimum absolute atomic E-state index is 0.209. The number of carboxylic acids is 1. The first-order valence-electron chi connectivity index (χ1n) is 6.70. The number of aromatic nitrogens is 3. The molecule has 1 heterocycles. The summed E-state index contributed by atoms with van der Waals surface area (Å²) in [5, 5.41) is 17.0. The molecule has 0 spiro atoms. The lowest BCUT2D eigenvalue weighted by Gasteiger charge is -2.11. The normalized spacial score (nSPS) is 10.5. The number of nitrogens with zero attached hydrogens (tertiary/aromatic N) is 3. The number of hydrogen-bond acceptors (Lipinski definition) is 4. The maximum absolute atomic E-state index is 13.1. The van der Waals surface area contributed by atoms with Crippen LogP contribution in [-0.4, -0.2) is 33.2 Å². The topological polar surface area (TPSA) is 77.2 Å². The molecule has 23 heavy (non-hydrogen) atoms. The van der Waals surface area contributed by atoms with Crippen molar-refractivity contribution in [3.63, 3.8) is 0 Å². The van der Waals surface area contributed by atoms with E-state index in [2.05, 4.69) is 10.3 Å². The first kappa shape index (κ1) is 14.7. The minimum Gasteiger partial charge on any atom is -0.496 e. The van der Waals surface area contributed by atoms with Gasteiger partial charge in [0.25, 0.3) is 0 Å². The fourth-order valence-corrected chi connectivity index (χ4v) is 2.27. The van der Waals surface area contributed by atoms with Gasteiger partial charge in [-0.15, -0.1) is 5.10 Å². The van der Waals surface area contributed by atoms with E-state index in [1.165, 1.54) is 36.1 Å². The maximum Gasteiger partial charge on any atom is 0.358 e. The summed E-state index contributed by atoms with van der Waals surface area (Å²) in [6, 6.07) is 12.5. The Labute approximate surface area is 130 Å². The predicted octanol–water partition coefficient (Wildman–Crippen LogP) is 2.78. The molecule has 116 valence electrons. The van der Waals surface area contributed by atoms with Gasteiger partial charge in [-0.25, -0.2) is 13.9 Å². The van der Waals surface area contributed by atoms with E-state index in [9.17, 15) is 14.3 Å². The number of methoxy groups -OCH3 is 1. The minimum atomic E-state index is -1.21. The number of benzene rings is 2. The van der Waals surface area contributed by atoms with Crippen molar-refractivity contribution in [3.05, 3.63) is 60.0 Å². The molecule has 3 rings (SSSR count). The molecular formula is C16H12FN3O3. The summed E-state index contributed by atoms with van der Waals surface area (Å²) in [6.07, 6.45) is 0. The summed E-state index contributed by atoms with van der Waals surface area (Å²) in [5.74, 6) is -1.12. The Kier molecular flexibility index (Phi) is 3.76. The Bertz CT molecular complexity index is 859. The van der Waals surface area contributed by atoms with Gasteiger partial charge < -0.3 is 9.84 Å². The van der Waals surface area contributed by atoms with Crippen LogP contribution in [0.1, 0.15) is 10.5 Å². The van der Waals surface area contributed by atoms with Gasteiger partial charge in [0.15, 0.2) is 5.69 Å². The Balaban J connectivity index is 2.27. The van der Waals surface area contributed by atoms with Crippen molar-refractivity contribution in [3.8, 4) is 22.7 Å². The second-order valence-corrected chi connectivity index (χ2v) is 4.68. The summed E-state index contributed by atoms with van der Waals surface area (Å²) in [4.78, 5) is 11.5. The lowest BCUT2D eigenvalue weighted by molar-refractivity contribution is 0.0691. The zero-order valence-electron chi connectivity index (χ0n) is 12.1. The molecule has 0 unspecified atom stereocenters. The van der Waals surface area contributed by atoms with Crippen LogP contribution in [-0.2, 0) is 0 Å². The quantitative estimate of drug-likeness (QED) is 0.801. The third-order valence-corrected chi connectivity index (χ3v) is 3.31. The third-order valence-electron chi connectivity index (χ3n) is 3.31. The molecule has 0 aliphatic carbocycles. The number of para-hydroxylation sites is 1. The van der Waals surface area contributed by atoms with Gasteiger partial charge >= 0.3 is 5.97 Å². The number of hydrogen-bond donors (Lipinski definition) is 1. The highest BCUT2D eigenvalue weighted by molar-refractivity contribution is 5.94. The van der Waals surface area contributed by atoms with Gasteiger partial charge in [0.1, 0.15) is 17.3 Å². The van der Waals surface area contributed by atoms with E-state index in [0.29, 0.717) is 17.0 Å². The smallest absolute Gasteiger partial charge is 0.358 e. The van der Waals surface area contributed by atoms with Crippen molar-refractivity contribution in [2.45, 2.75) is 0 Å². The van der Waals surface area contributed by atoms with Gasteiger partial charge in [0.2, 0.25) is 0 Å². The van der Waals surface area contributed by atoms with E-state index in [0.717, 1.165) is 0 Å². The molecule has 0 aliphatic heterocycles. The summed E-state index contributed by atoms with van der Waals surface area (Å²) >= 11 is 0. The standard InChI is InChI=1S/C16H12FN3O3/c1-23-13-5-3-2-4-12(13)15-14(16(21)22)18-19-20(15)11-8-6-10(17)7-9-11/h2-9H,1H3,(H,21,22). The number of aromatic carboxylic acids is 1. The van der Waals surface area contributed by atoms with Crippen molar-refractivity contribution in [1.82, 2.24) is 15.0 Å². The molecule has 0 atom stereocenters. The van der Waals surface area contributed by atoms with Gasteiger partial charge in [-0.2, -0.15) is 0 Å². The van der Waals surface area contributed by atoms with Crippen LogP contribution < -0.4 is 4.74 Å². The number of ether oxygens (including phenoxy) is 1. The molecule has 1 aromatic heterocycles. The van der Waals surface area contributed by atoms with Crippen molar-refractivity contribution >= 4 is 5.97 Å². The molecule has 0 radical (unpaired) electrons. The number of rotatable bonds is 4. The molecule has 0 saturated heterocycles. The number of carbonyl (C=O) groups is 1. The van der Waals surface area contributed by atoms with Crippen LogP contribution in [0.4, 0.5) is 4.39 Å². The van der Waals surface area contributed by atoms with Crippen molar-refractivity contribution < 1.29 is 19.0 Å². The Morgan fingerprint density at radius 3 is 2.52 bits per heavy atom. The lowest BCUT2D eigenvalue weighted by atomic mass is 10.1. The molecule has 0 amide bonds. The van der Waals surface area contributed by atoms with Crippen LogP contribution in [0.3, 0.4) is 0 Å². The van der Waals surface area contributed by atoms with E-state index in [-0.39, 0.29) is 11.4 Å². The molecular weight excluding hydrogens is 301 g/mol. The van der Waals surface area contributed by atoms with Gasteiger partial charge in [-0.1, -0.05) is 17.3 Å². The van der Waals surface area contributed by atoms with E-state index in [1.54, 1.807) is 24.3 Å². The van der Waals surface area contributed by atoms with Crippen molar-refractivity contribution in [2.24, 2.45) is 0 Å². The van der Waals surface area contributed by atoms with Gasteiger partial charge in [0.05, 0.1) is 12.8 Å². The van der Waals surface area contributed by atoms with Crippen LogP contribution in [0.2, 0.25) is 0 Å². The van der Waals surface area contributed by atoms with Crippen LogP contribution >= 0.6 is 0 Å². The van der Waals surface area contributed by atoms with E-state index < -0.39 is 11.8 Å². The third kappa shape index (κ3) is 2.64. The average molecular weight is 313 g/mol. The number of halogens is 1. The molecule has 0 aliphatic rings. The number of carboxylic acid groups (broad SMARTS) is 1.